The number of amides is 2. The molecule has 2 aliphatic heterocycles. The molecular weight excluding hydrogens is 312 g/mol. The lowest BCUT2D eigenvalue weighted by molar-refractivity contribution is 0.0926. The lowest BCUT2D eigenvalue weighted by atomic mass is 10.00. The number of anilines is 1. The summed E-state index contributed by atoms with van der Waals surface area (Å²) in [6, 6.07) is 14.8. The Morgan fingerprint density at radius 1 is 1.00 bits per heavy atom. The largest absolute Gasteiger partial charge is 0.299 e. The monoisotopic (exact) mass is 334 g/mol. The Morgan fingerprint density at radius 3 is 2.40 bits per heavy atom. The van der Waals surface area contributed by atoms with Crippen molar-refractivity contribution in [3.63, 3.8) is 0 Å². The number of hydrogen-bond donors (Lipinski definition) is 0. The zero-order valence-corrected chi connectivity index (χ0v) is 14.4. The lowest BCUT2D eigenvalue weighted by Crippen LogP contribution is -2.34. The van der Waals surface area contributed by atoms with Crippen LogP contribution in [-0.2, 0) is 6.54 Å². The van der Waals surface area contributed by atoms with Gasteiger partial charge in [-0.2, -0.15) is 0 Å². The molecular formula is C21H22N2O2. The Bertz CT molecular complexity index is 795. The second kappa shape index (κ2) is 6.45. The van der Waals surface area contributed by atoms with Gasteiger partial charge in [0.25, 0.3) is 11.8 Å². The molecule has 4 heteroatoms. The van der Waals surface area contributed by atoms with Crippen molar-refractivity contribution in [2.45, 2.75) is 26.3 Å². The van der Waals surface area contributed by atoms with Crippen LogP contribution in [0.2, 0.25) is 0 Å². The quantitative estimate of drug-likeness (QED) is 0.803. The Labute approximate surface area is 148 Å². The summed E-state index contributed by atoms with van der Waals surface area (Å²) in [6.07, 6.45) is 2.53. The molecule has 2 heterocycles. The fourth-order valence-electron chi connectivity index (χ4n) is 3.91. The number of imide groups is 1. The Kier molecular flexibility index (Phi) is 4.14. The molecule has 2 amide bonds. The third-order valence-corrected chi connectivity index (χ3v) is 5.11. The average Bonchev–Trinajstić information content (AvgIpc) is 2.87. The van der Waals surface area contributed by atoms with E-state index in [1.807, 2.05) is 18.2 Å². The van der Waals surface area contributed by atoms with E-state index in [9.17, 15) is 9.59 Å². The first kappa shape index (κ1) is 16.0. The highest BCUT2D eigenvalue weighted by Crippen LogP contribution is 2.29. The number of nitrogens with zero attached hydrogens (tertiary/aromatic N) is 2. The first-order chi connectivity index (χ1) is 12.1. The molecule has 0 bridgehead atoms. The van der Waals surface area contributed by atoms with Gasteiger partial charge in [-0.05, 0) is 55.1 Å². The van der Waals surface area contributed by atoms with Crippen LogP contribution in [0.4, 0.5) is 5.69 Å². The van der Waals surface area contributed by atoms with Crippen molar-refractivity contribution in [3.8, 4) is 0 Å². The molecule has 4 nitrogen and oxygen atoms in total. The summed E-state index contributed by atoms with van der Waals surface area (Å²) in [5, 5.41) is 0. The van der Waals surface area contributed by atoms with Gasteiger partial charge in [0, 0.05) is 13.1 Å². The summed E-state index contributed by atoms with van der Waals surface area (Å²) >= 11 is 0. The summed E-state index contributed by atoms with van der Waals surface area (Å²) < 4.78 is 0. The van der Waals surface area contributed by atoms with Crippen LogP contribution in [0.15, 0.2) is 48.5 Å². The molecule has 0 N–H and O–H groups in total. The van der Waals surface area contributed by atoms with Crippen molar-refractivity contribution in [3.05, 3.63) is 65.2 Å². The van der Waals surface area contributed by atoms with E-state index in [4.69, 9.17) is 0 Å². The summed E-state index contributed by atoms with van der Waals surface area (Å²) in [7, 11) is 0. The summed E-state index contributed by atoms with van der Waals surface area (Å²) in [5.74, 6) is 0.266. The van der Waals surface area contributed by atoms with Gasteiger partial charge in [0.1, 0.15) is 0 Å². The van der Waals surface area contributed by atoms with Crippen molar-refractivity contribution in [1.29, 1.82) is 0 Å². The van der Waals surface area contributed by atoms with Crippen molar-refractivity contribution >= 4 is 17.5 Å². The molecule has 2 aliphatic rings. The van der Waals surface area contributed by atoms with Gasteiger partial charge in [-0.1, -0.05) is 31.2 Å². The first-order valence-electron chi connectivity index (χ1n) is 8.92. The third kappa shape index (κ3) is 2.98. The number of rotatable bonds is 3. The van der Waals surface area contributed by atoms with Gasteiger partial charge in [0.2, 0.25) is 0 Å². The lowest BCUT2D eigenvalue weighted by Gasteiger charge is -2.31. The molecule has 0 spiro atoms. The minimum absolute atomic E-state index is 0.232. The normalized spacial score (nSPS) is 20.8. The standard InChI is InChI=1S/C21H22N2O2/c1-15-6-5-11-22(13-15)14-16-7-4-8-17(12-16)23-20(24)18-9-2-3-10-19(18)21(23)25/h2-4,7-10,12,15H,5-6,11,13-14H2,1H3. The fraction of sp³-hybridized carbons (Fsp3) is 0.333. The summed E-state index contributed by atoms with van der Waals surface area (Å²) in [5.41, 5.74) is 2.78. The second-order valence-electron chi connectivity index (χ2n) is 7.14. The molecule has 2 aromatic rings. The van der Waals surface area contributed by atoms with Crippen LogP contribution < -0.4 is 4.90 Å². The van der Waals surface area contributed by atoms with Crippen LogP contribution in [0, 0.1) is 5.92 Å². The van der Waals surface area contributed by atoms with Crippen LogP contribution >= 0.6 is 0 Å². The van der Waals surface area contributed by atoms with Gasteiger partial charge in [-0.25, -0.2) is 4.90 Å². The Morgan fingerprint density at radius 2 is 1.72 bits per heavy atom. The van der Waals surface area contributed by atoms with Crippen LogP contribution in [0.1, 0.15) is 46.0 Å². The van der Waals surface area contributed by atoms with E-state index < -0.39 is 0 Å². The van der Waals surface area contributed by atoms with E-state index in [2.05, 4.69) is 17.9 Å². The van der Waals surface area contributed by atoms with Gasteiger partial charge in [0.05, 0.1) is 16.8 Å². The number of piperidine rings is 1. The molecule has 1 saturated heterocycles. The van der Waals surface area contributed by atoms with Crippen molar-refractivity contribution in [2.24, 2.45) is 5.92 Å². The van der Waals surface area contributed by atoms with E-state index in [-0.39, 0.29) is 11.8 Å². The topological polar surface area (TPSA) is 40.6 Å². The van der Waals surface area contributed by atoms with Gasteiger partial charge in [-0.15, -0.1) is 0 Å². The number of likely N-dealkylation sites (tertiary alicyclic amines) is 1. The van der Waals surface area contributed by atoms with Gasteiger partial charge in [-0.3, -0.25) is 14.5 Å². The van der Waals surface area contributed by atoms with Crippen LogP contribution in [0.5, 0.6) is 0 Å². The third-order valence-electron chi connectivity index (χ3n) is 5.11. The molecule has 0 radical (unpaired) electrons. The number of fused-ring (bicyclic) bond motifs is 1. The summed E-state index contributed by atoms with van der Waals surface area (Å²) in [4.78, 5) is 29.0. The van der Waals surface area contributed by atoms with E-state index in [1.54, 1.807) is 24.3 Å². The molecule has 128 valence electrons. The molecule has 0 aliphatic carbocycles. The molecule has 1 atom stereocenters. The number of benzene rings is 2. The van der Waals surface area contributed by atoms with Crippen LogP contribution in [-0.4, -0.2) is 29.8 Å². The smallest absolute Gasteiger partial charge is 0.266 e. The number of carbonyl (C=O) groups is 2. The van der Waals surface area contributed by atoms with Crippen molar-refractivity contribution < 1.29 is 9.59 Å². The molecule has 25 heavy (non-hydrogen) atoms. The van der Waals surface area contributed by atoms with Gasteiger partial charge in [0.15, 0.2) is 0 Å². The number of carbonyl (C=O) groups excluding carboxylic acids is 2. The molecule has 1 unspecified atom stereocenters. The average molecular weight is 334 g/mol. The highest BCUT2D eigenvalue weighted by Gasteiger charge is 2.36. The van der Waals surface area contributed by atoms with Crippen molar-refractivity contribution in [1.82, 2.24) is 4.90 Å². The minimum Gasteiger partial charge on any atom is -0.299 e. The zero-order valence-electron chi connectivity index (χ0n) is 14.4. The van der Waals surface area contributed by atoms with Gasteiger partial charge < -0.3 is 0 Å². The van der Waals surface area contributed by atoms with E-state index in [0.717, 1.165) is 31.1 Å². The second-order valence-corrected chi connectivity index (χ2v) is 7.14. The zero-order chi connectivity index (χ0) is 17.4. The highest BCUT2D eigenvalue weighted by molar-refractivity contribution is 6.34. The Balaban J connectivity index is 1.58. The van der Waals surface area contributed by atoms with Crippen molar-refractivity contribution in [2.75, 3.05) is 18.0 Å². The SMILES string of the molecule is CC1CCCN(Cc2cccc(N3C(=O)c4ccccc4C3=O)c2)C1. The fourth-order valence-corrected chi connectivity index (χ4v) is 3.91. The minimum atomic E-state index is -0.232. The van der Waals surface area contributed by atoms with E-state index in [1.165, 1.54) is 17.7 Å². The Hall–Kier alpha value is -2.46. The van der Waals surface area contributed by atoms with E-state index >= 15 is 0 Å². The van der Waals surface area contributed by atoms with Crippen LogP contribution in [0.25, 0.3) is 0 Å². The van der Waals surface area contributed by atoms with Gasteiger partial charge >= 0.3 is 0 Å². The molecule has 2 aromatic carbocycles. The predicted octanol–water partition coefficient (Wildman–Crippen LogP) is 3.72. The first-order valence-corrected chi connectivity index (χ1v) is 8.92. The number of hydrogen-bond acceptors (Lipinski definition) is 3. The molecule has 4 rings (SSSR count). The highest BCUT2D eigenvalue weighted by atomic mass is 16.2. The predicted molar refractivity (Wildman–Crippen MR) is 97.7 cm³/mol. The molecule has 1 fully saturated rings. The molecule has 0 saturated carbocycles. The van der Waals surface area contributed by atoms with E-state index in [0.29, 0.717) is 16.8 Å². The summed E-state index contributed by atoms with van der Waals surface area (Å²) in [6.45, 7) is 5.38. The molecule has 0 aromatic heterocycles. The maximum Gasteiger partial charge on any atom is 0.266 e. The maximum atomic E-state index is 12.6. The maximum absolute atomic E-state index is 12.6. The van der Waals surface area contributed by atoms with Crippen LogP contribution in [0.3, 0.4) is 0 Å².